The van der Waals surface area contributed by atoms with Crippen LogP contribution in [0.15, 0.2) is 96.3 Å². The van der Waals surface area contributed by atoms with Gasteiger partial charge in [0.15, 0.2) is 23.0 Å². The van der Waals surface area contributed by atoms with Crippen LogP contribution >= 0.6 is 0 Å². The molecule has 0 spiro atoms. The molecule has 0 saturated heterocycles. The van der Waals surface area contributed by atoms with Crippen LogP contribution in [0.4, 0.5) is 0 Å². The first kappa shape index (κ1) is 22.9. The van der Waals surface area contributed by atoms with Gasteiger partial charge in [-0.15, -0.1) is 0 Å². The van der Waals surface area contributed by atoms with Crippen LogP contribution in [0, 0.1) is 0 Å². The van der Waals surface area contributed by atoms with Crippen molar-refractivity contribution in [3.8, 4) is 11.5 Å². The summed E-state index contributed by atoms with van der Waals surface area (Å²) in [6, 6.07) is 23.2. The molecule has 172 valence electrons. The predicted octanol–water partition coefficient (Wildman–Crippen LogP) is 4.88. The Morgan fingerprint density at radius 1 is 0.941 bits per heavy atom. The van der Waals surface area contributed by atoms with Crippen molar-refractivity contribution in [3.05, 3.63) is 113 Å². The average molecular weight is 456 g/mol. The first-order chi connectivity index (χ1) is 16.5. The Morgan fingerprint density at radius 2 is 1.59 bits per heavy atom. The van der Waals surface area contributed by atoms with E-state index in [9.17, 15) is 14.7 Å². The Kier molecular flexibility index (Phi) is 6.78. The van der Waals surface area contributed by atoms with Crippen LogP contribution in [0.5, 0.6) is 11.5 Å². The molecule has 0 fully saturated rings. The topological polar surface area (TPSA) is 76.1 Å². The monoisotopic (exact) mass is 455 g/mol. The average Bonchev–Trinajstić information content (AvgIpc) is 3.13. The van der Waals surface area contributed by atoms with Crippen LogP contribution in [0.1, 0.15) is 22.7 Å². The molecule has 0 bridgehead atoms. The highest BCUT2D eigenvalue weighted by molar-refractivity contribution is 6.14. The van der Waals surface area contributed by atoms with Gasteiger partial charge in [0.25, 0.3) is 5.91 Å². The quantitative estimate of drug-likeness (QED) is 0.490. The lowest BCUT2D eigenvalue weighted by Crippen LogP contribution is -2.30. The summed E-state index contributed by atoms with van der Waals surface area (Å²) in [5, 5.41) is 10.8. The number of carbonyl (C=O) groups is 2. The fourth-order valence-electron chi connectivity index (χ4n) is 4.04. The summed E-state index contributed by atoms with van der Waals surface area (Å²) in [5.74, 6) is -0.594. The minimum atomic E-state index is -0.791. The number of hydrogen-bond donors (Lipinski definition) is 1. The lowest BCUT2D eigenvalue weighted by molar-refractivity contribution is -0.130. The molecule has 1 N–H and O–H groups in total. The number of ether oxygens (including phenoxy) is 2. The summed E-state index contributed by atoms with van der Waals surface area (Å²) < 4.78 is 10.8. The molecule has 4 rings (SSSR count). The van der Waals surface area contributed by atoms with Crippen molar-refractivity contribution in [2.45, 2.75) is 12.6 Å². The highest BCUT2D eigenvalue weighted by Gasteiger charge is 2.43. The van der Waals surface area contributed by atoms with Crippen molar-refractivity contribution in [3.63, 3.8) is 0 Å². The van der Waals surface area contributed by atoms with Gasteiger partial charge in [0, 0.05) is 6.54 Å². The van der Waals surface area contributed by atoms with Gasteiger partial charge in [-0.3, -0.25) is 9.59 Å². The van der Waals surface area contributed by atoms with Gasteiger partial charge in [0.05, 0.1) is 25.8 Å². The van der Waals surface area contributed by atoms with Gasteiger partial charge in [-0.25, -0.2) is 0 Å². The second-order valence-electron chi connectivity index (χ2n) is 7.81. The number of rotatable bonds is 8. The molecule has 1 amide bonds. The van der Waals surface area contributed by atoms with Crippen LogP contribution in [-0.2, 0) is 16.1 Å². The Balaban J connectivity index is 1.77. The molecule has 3 aromatic rings. The molecule has 1 aliphatic rings. The second-order valence-corrected chi connectivity index (χ2v) is 7.81. The molecule has 34 heavy (non-hydrogen) atoms. The van der Waals surface area contributed by atoms with Crippen LogP contribution in [0.2, 0.25) is 0 Å². The van der Waals surface area contributed by atoms with Crippen molar-refractivity contribution < 1.29 is 24.2 Å². The molecule has 0 aliphatic carbocycles. The maximum atomic E-state index is 13.3. The van der Waals surface area contributed by atoms with Crippen molar-refractivity contribution >= 4 is 17.8 Å². The highest BCUT2D eigenvalue weighted by Crippen LogP contribution is 2.41. The SMILES string of the molecule is COc1ccc(C2C(C(=O)C=Cc3ccccc3)=C(O)C(=O)N2Cc2ccccc2)cc1OC. The Morgan fingerprint density at radius 3 is 2.24 bits per heavy atom. The summed E-state index contributed by atoms with van der Waals surface area (Å²) in [7, 11) is 3.05. The summed E-state index contributed by atoms with van der Waals surface area (Å²) in [6.07, 6.45) is 3.05. The number of aliphatic hydroxyl groups is 1. The summed E-state index contributed by atoms with van der Waals surface area (Å²) in [5.41, 5.74) is 2.37. The Bertz CT molecular complexity index is 1250. The van der Waals surface area contributed by atoms with Gasteiger partial charge >= 0.3 is 0 Å². The molecular formula is C28H25NO5. The van der Waals surface area contributed by atoms with E-state index >= 15 is 0 Å². The van der Waals surface area contributed by atoms with Crippen LogP contribution in [0.3, 0.4) is 0 Å². The fraction of sp³-hybridized carbons (Fsp3) is 0.143. The third kappa shape index (κ3) is 4.57. The van der Waals surface area contributed by atoms with E-state index in [1.54, 1.807) is 24.3 Å². The minimum Gasteiger partial charge on any atom is -0.503 e. The number of benzene rings is 3. The van der Waals surface area contributed by atoms with Gasteiger partial charge in [0.2, 0.25) is 0 Å². The zero-order chi connectivity index (χ0) is 24.1. The Labute approximate surface area is 198 Å². The number of carbonyl (C=O) groups excluding carboxylic acids is 2. The third-order valence-corrected chi connectivity index (χ3v) is 5.71. The minimum absolute atomic E-state index is 0.0281. The molecule has 0 aromatic heterocycles. The van der Waals surface area contributed by atoms with Crippen molar-refractivity contribution in [1.29, 1.82) is 0 Å². The largest absolute Gasteiger partial charge is 0.503 e. The van der Waals surface area contributed by atoms with E-state index in [0.717, 1.165) is 11.1 Å². The number of allylic oxidation sites excluding steroid dienone is 1. The normalized spacial score (nSPS) is 15.8. The zero-order valence-corrected chi connectivity index (χ0v) is 19.0. The van der Waals surface area contributed by atoms with E-state index in [4.69, 9.17) is 9.47 Å². The van der Waals surface area contributed by atoms with Crippen molar-refractivity contribution in [2.75, 3.05) is 14.2 Å². The smallest absolute Gasteiger partial charge is 0.290 e. The van der Waals surface area contributed by atoms with Gasteiger partial charge < -0.3 is 19.5 Å². The van der Waals surface area contributed by atoms with Crippen LogP contribution < -0.4 is 9.47 Å². The predicted molar refractivity (Wildman–Crippen MR) is 129 cm³/mol. The maximum Gasteiger partial charge on any atom is 0.290 e. The van der Waals surface area contributed by atoms with Gasteiger partial charge in [-0.2, -0.15) is 0 Å². The van der Waals surface area contributed by atoms with Gasteiger partial charge in [-0.1, -0.05) is 72.8 Å². The van der Waals surface area contributed by atoms with E-state index in [0.29, 0.717) is 17.1 Å². The molecule has 1 heterocycles. The van der Waals surface area contributed by atoms with Crippen molar-refractivity contribution in [2.24, 2.45) is 0 Å². The van der Waals surface area contributed by atoms with Gasteiger partial charge in [0.1, 0.15) is 0 Å². The number of methoxy groups -OCH3 is 2. The van der Waals surface area contributed by atoms with E-state index < -0.39 is 23.5 Å². The molecule has 6 heteroatoms. The fourth-order valence-corrected chi connectivity index (χ4v) is 4.04. The molecular weight excluding hydrogens is 430 g/mol. The summed E-state index contributed by atoms with van der Waals surface area (Å²) in [6.45, 7) is 0.224. The molecule has 1 unspecified atom stereocenters. The molecule has 0 saturated carbocycles. The number of aliphatic hydroxyl groups excluding tert-OH is 1. The first-order valence-corrected chi connectivity index (χ1v) is 10.8. The molecule has 0 radical (unpaired) electrons. The van der Waals surface area contributed by atoms with E-state index in [2.05, 4.69) is 0 Å². The lowest BCUT2D eigenvalue weighted by Gasteiger charge is -2.27. The number of amides is 1. The van der Waals surface area contributed by atoms with Crippen LogP contribution in [0.25, 0.3) is 6.08 Å². The lowest BCUT2D eigenvalue weighted by atomic mass is 9.95. The van der Waals surface area contributed by atoms with Crippen LogP contribution in [-0.4, -0.2) is 35.9 Å². The zero-order valence-electron chi connectivity index (χ0n) is 19.0. The van der Waals surface area contributed by atoms with E-state index in [1.165, 1.54) is 25.2 Å². The molecule has 3 aromatic carbocycles. The maximum absolute atomic E-state index is 13.3. The summed E-state index contributed by atoms with van der Waals surface area (Å²) >= 11 is 0. The van der Waals surface area contributed by atoms with E-state index in [1.807, 2.05) is 60.7 Å². The molecule has 6 nitrogen and oxygen atoms in total. The second kappa shape index (κ2) is 10.1. The molecule has 1 aliphatic heterocycles. The summed E-state index contributed by atoms with van der Waals surface area (Å²) in [4.78, 5) is 27.9. The standard InChI is InChI=1S/C28H25NO5/c1-33-23-16-14-21(17-24(23)34-2)26-25(22(30)15-13-19-9-5-3-6-10-19)27(31)28(32)29(26)18-20-11-7-4-8-12-20/h3-17,26,31H,18H2,1-2H3. The van der Waals surface area contributed by atoms with E-state index in [-0.39, 0.29) is 12.1 Å². The first-order valence-electron chi connectivity index (χ1n) is 10.8. The molecule has 1 atom stereocenters. The number of hydrogen-bond acceptors (Lipinski definition) is 5. The van der Waals surface area contributed by atoms with Crippen molar-refractivity contribution in [1.82, 2.24) is 4.90 Å². The Hall–Kier alpha value is -4.32. The highest BCUT2D eigenvalue weighted by atomic mass is 16.5. The number of nitrogens with zero attached hydrogens (tertiary/aromatic N) is 1. The number of ketones is 1. The third-order valence-electron chi connectivity index (χ3n) is 5.71. The van der Waals surface area contributed by atoms with Gasteiger partial charge in [-0.05, 0) is 34.9 Å².